The van der Waals surface area contributed by atoms with Gasteiger partial charge in [-0.15, -0.1) is 5.10 Å². The SMILES string of the molecule is CCOC(=O)Cn1nnnc1C(CC)N(Cc1cc2cc(C)ccc2[nH]c1=O)C1CCCCC1. The van der Waals surface area contributed by atoms with Crippen LogP contribution in [0.5, 0.6) is 0 Å². The number of pyridine rings is 1. The number of rotatable bonds is 9. The van der Waals surface area contributed by atoms with Crippen LogP contribution in [0, 0.1) is 6.92 Å². The number of aromatic amines is 1. The Morgan fingerprint density at radius 3 is 2.76 bits per heavy atom. The van der Waals surface area contributed by atoms with Gasteiger partial charge in [0.25, 0.3) is 5.56 Å². The zero-order valence-electron chi connectivity index (χ0n) is 20.3. The van der Waals surface area contributed by atoms with Crippen molar-refractivity contribution in [3.63, 3.8) is 0 Å². The van der Waals surface area contributed by atoms with Crippen LogP contribution in [0.15, 0.2) is 29.1 Å². The molecule has 0 saturated heterocycles. The summed E-state index contributed by atoms with van der Waals surface area (Å²) in [5.41, 5.74) is 2.65. The minimum atomic E-state index is -0.364. The normalized spacial score (nSPS) is 15.6. The largest absolute Gasteiger partial charge is 0.465 e. The summed E-state index contributed by atoms with van der Waals surface area (Å²) in [6.45, 7) is 6.70. The molecule has 9 nitrogen and oxygen atoms in total. The first-order valence-electron chi connectivity index (χ1n) is 12.3. The summed E-state index contributed by atoms with van der Waals surface area (Å²) in [6, 6.07) is 8.25. The molecule has 1 atom stereocenters. The molecule has 0 amide bonds. The molecule has 2 aromatic heterocycles. The number of hydrogen-bond acceptors (Lipinski definition) is 7. The van der Waals surface area contributed by atoms with Crippen LogP contribution in [0.2, 0.25) is 0 Å². The molecule has 9 heteroatoms. The van der Waals surface area contributed by atoms with Crippen LogP contribution in [0.1, 0.15) is 75.4 Å². The van der Waals surface area contributed by atoms with Crippen molar-refractivity contribution < 1.29 is 9.53 Å². The van der Waals surface area contributed by atoms with Crippen LogP contribution in [-0.2, 0) is 22.6 Å². The standard InChI is InChI=1S/C25H34N6O3/c1-4-22(24-27-28-29-31(24)16-23(32)34-5-2)30(20-9-7-6-8-10-20)15-19-14-18-13-17(3)11-12-21(18)26-25(19)33/h11-14,20,22H,4-10,15-16H2,1-3H3,(H,26,33). The molecule has 0 bridgehead atoms. The van der Waals surface area contributed by atoms with Crippen LogP contribution in [0.4, 0.5) is 0 Å². The predicted molar refractivity (Wildman–Crippen MR) is 129 cm³/mol. The smallest absolute Gasteiger partial charge is 0.327 e. The maximum Gasteiger partial charge on any atom is 0.327 e. The highest BCUT2D eigenvalue weighted by atomic mass is 16.5. The second-order valence-electron chi connectivity index (χ2n) is 9.10. The molecule has 0 aliphatic heterocycles. The fraction of sp³-hybridized carbons (Fsp3) is 0.560. The van der Waals surface area contributed by atoms with Crippen molar-refractivity contribution in [3.05, 3.63) is 51.6 Å². The van der Waals surface area contributed by atoms with Crippen LogP contribution in [-0.4, -0.2) is 48.7 Å². The van der Waals surface area contributed by atoms with Crippen LogP contribution in [0.3, 0.4) is 0 Å². The predicted octanol–water partition coefficient (Wildman–Crippen LogP) is 3.67. The Morgan fingerprint density at radius 1 is 1.24 bits per heavy atom. The second kappa shape index (κ2) is 10.9. The average Bonchev–Trinajstić information content (AvgIpc) is 3.27. The fourth-order valence-electron chi connectivity index (χ4n) is 5.05. The lowest BCUT2D eigenvalue weighted by Crippen LogP contribution is -2.41. The van der Waals surface area contributed by atoms with Crippen LogP contribution >= 0.6 is 0 Å². The van der Waals surface area contributed by atoms with Gasteiger partial charge in [0, 0.05) is 23.7 Å². The van der Waals surface area contributed by atoms with Crippen molar-refractivity contribution >= 4 is 16.9 Å². The second-order valence-corrected chi connectivity index (χ2v) is 9.10. The first kappa shape index (κ1) is 24.1. The number of ether oxygens (including phenoxy) is 1. The Labute approximate surface area is 199 Å². The summed E-state index contributed by atoms with van der Waals surface area (Å²) in [4.78, 5) is 30.6. The third-order valence-corrected chi connectivity index (χ3v) is 6.70. The van der Waals surface area contributed by atoms with E-state index in [-0.39, 0.29) is 24.1 Å². The van der Waals surface area contributed by atoms with E-state index in [9.17, 15) is 9.59 Å². The number of carbonyl (C=O) groups is 1. The lowest BCUT2D eigenvalue weighted by molar-refractivity contribution is -0.144. The van der Waals surface area contributed by atoms with E-state index in [0.29, 0.717) is 25.0 Å². The average molecular weight is 467 g/mol. The highest BCUT2D eigenvalue weighted by Gasteiger charge is 2.32. The quantitative estimate of drug-likeness (QED) is 0.480. The monoisotopic (exact) mass is 466 g/mol. The maximum atomic E-state index is 13.0. The lowest BCUT2D eigenvalue weighted by Gasteiger charge is -2.39. The fourth-order valence-corrected chi connectivity index (χ4v) is 5.05. The van der Waals surface area contributed by atoms with Gasteiger partial charge in [-0.1, -0.05) is 37.8 Å². The van der Waals surface area contributed by atoms with Gasteiger partial charge in [-0.25, -0.2) is 4.68 Å². The molecule has 0 spiro atoms. The zero-order chi connectivity index (χ0) is 24.1. The molecule has 1 aliphatic carbocycles. The van der Waals surface area contributed by atoms with Gasteiger partial charge in [-0.2, -0.15) is 0 Å². The lowest BCUT2D eigenvalue weighted by atomic mass is 9.92. The van der Waals surface area contributed by atoms with Crippen LogP contribution < -0.4 is 5.56 Å². The van der Waals surface area contributed by atoms with E-state index < -0.39 is 0 Å². The number of aryl methyl sites for hydroxylation is 1. The molecular weight excluding hydrogens is 432 g/mol. The van der Waals surface area contributed by atoms with Gasteiger partial charge in [0.1, 0.15) is 6.54 Å². The van der Waals surface area contributed by atoms with E-state index >= 15 is 0 Å². The summed E-state index contributed by atoms with van der Waals surface area (Å²) in [7, 11) is 0. The Balaban J connectivity index is 1.70. The molecular formula is C25H34N6O3. The van der Waals surface area contributed by atoms with Gasteiger partial charge in [-0.05, 0) is 67.1 Å². The van der Waals surface area contributed by atoms with E-state index in [1.54, 1.807) is 6.92 Å². The molecule has 0 radical (unpaired) electrons. The maximum absolute atomic E-state index is 13.0. The number of nitrogens with one attached hydrogen (secondary N) is 1. The summed E-state index contributed by atoms with van der Waals surface area (Å²) >= 11 is 0. The number of tetrazole rings is 1. The number of carbonyl (C=O) groups excluding carboxylic acids is 1. The molecule has 1 N–H and O–H groups in total. The van der Waals surface area contributed by atoms with Gasteiger partial charge >= 0.3 is 5.97 Å². The number of esters is 1. The summed E-state index contributed by atoms with van der Waals surface area (Å²) in [6.07, 6.45) is 6.46. The zero-order valence-corrected chi connectivity index (χ0v) is 20.3. The molecule has 1 saturated carbocycles. The summed E-state index contributed by atoms with van der Waals surface area (Å²) in [5.74, 6) is 0.269. The van der Waals surface area contributed by atoms with Gasteiger partial charge in [0.15, 0.2) is 5.82 Å². The van der Waals surface area contributed by atoms with Crippen molar-refractivity contribution in [2.75, 3.05) is 6.61 Å². The van der Waals surface area contributed by atoms with Gasteiger partial charge < -0.3 is 9.72 Å². The molecule has 182 valence electrons. The van der Waals surface area contributed by atoms with Crippen molar-refractivity contribution in [3.8, 4) is 0 Å². The topological polar surface area (TPSA) is 106 Å². The van der Waals surface area contributed by atoms with Crippen LogP contribution in [0.25, 0.3) is 10.9 Å². The molecule has 3 aromatic rings. The molecule has 1 fully saturated rings. The minimum absolute atomic E-state index is 0.0268. The highest BCUT2D eigenvalue weighted by molar-refractivity contribution is 5.79. The number of aromatic nitrogens is 5. The number of benzene rings is 1. The van der Waals surface area contributed by atoms with Gasteiger partial charge in [0.2, 0.25) is 0 Å². The van der Waals surface area contributed by atoms with E-state index in [0.717, 1.165) is 41.3 Å². The van der Waals surface area contributed by atoms with Gasteiger partial charge in [0.05, 0.1) is 12.6 Å². The number of H-pyrrole nitrogens is 1. The van der Waals surface area contributed by atoms with Crippen molar-refractivity contribution in [1.82, 2.24) is 30.1 Å². The first-order valence-corrected chi connectivity index (χ1v) is 12.3. The van der Waals surface area contributed by atoms with E-state index in [2.05, 4.69) is 45.3 Å². The Morgan fingerprint density at radius 2 is 2.03 bits per heavy atom. The molecule has 4 rings (SSSR count). The first-order chi connectivity index (χ1) is 16.5. The minimum Gasteiger partial charge on any atom is -0.465 e. The Hall–Kier alpha value is -3.07. The highest BCUT2D eigenvalue weighted by Crippen LogP contribution is 2.33. The number of nitrogens with zero attached hydrogens (tertiary/aromatic N) is 5. The van der Waals surface area contributed by atoms with E-state index in [4.69, 9.17) is 4.74 Å². The van der Waals surface area contributed by atoms with Crippen molar-refractivity contribution in [2.45, 2.75) is 84.5 Å². The third-order valence-electron chi connectivity index (χ3n) is 6.70. The van der Waals surface area contributed by atoms with Crippen molar-refractivity contribution in [1.29, 1.82) is 0 Å². The molecule has 1 unspecified atom stereocenters. The molecule has 1 aliphatic rings. The number of hydrogen-bond donors (Lipinski definition) is 1. The molecule has 34 heavy (non-hydrogen) atoms. The molecule has 1 aromatic carbocycles. The van der Waals surface area contributed by atoms with Gasteiger partial charge in [-0.3, -0.25) is 14.5 Å². The Kier molecular flexibility index (Phi) is 7.72. The van der Waals surface area contributed by atoms with E-state index in [1.807, 2.05) is 18.2 Å². The number of fused-ring (bicyclic) bond motifs is 1. The summed E-state index contributed by atoms with van der Waals surface area (Å²) < 4.78 is 6.65. The van der Waals surface area contributed by atoms with E-state index in [1.165, 1.54) is 23.9 Å². The third kappa shape index (κ3) is 5.35. The van der Waals surface area contributed by atoms with Crippen molar-refractivity contribution in [2.24, 2.45) is 0 Å². The Bertz CT molecular complexity index is 1180. The molecule has 2 heterocycles. The summed E-state index contributed by atoms with van der Waals surface area (Å²) in [5, 5.41) is 13.3.